The number of hydrogen-bond donors (Lipinski definition) is 1. The Balaban J connectivity index is 2.12. The molecule has 70 valence electrons. The summed E-state index contributed by atoms with van der Waals surface area (Å²) in [5.41, 5.74) is 4.81. The zero-order valence-electron chi connectivity index (χ0n) is 7.53. The smallest absolute Gasteiger partial charge is 0.256 e. The summed E-state index contributed by atoms with van der Waals surface area (Å²) in [6, 6.07) is 0. The first-order chi connectivity index (χ1) is 5.31. The maximum Gasteiger partial charge on any atom is 0.256 e. The number of rotatable bonds is 2. The average molecular weight is 175 g/mol. The van der Waals surface area contributed by atoms with Gasteiger partial charge in [-0.15, -0.1) is 0 Å². The third-order valence-electron chi connectivity index (χ3n) is 3.50. The summed E-state index contributed by atoms with van der Waals surface area (Å²) in [4.78, 5) is 0. The molecule has 12 heavy (non-hydrogen) atoms. The first-order valence-corrected chi connectivity index (χ1v) is 4.48. The Morgan fingerprint density at radius 3 is 1.92 bits per heavy atom. The largest absolute Gasteiger partial charge is 0.325 e. The van der Waals surface area contributed by atoms with Crippen LogP contribution >= 0.6 is 0 Å². The molecule has 0 aromatic rings. The van der Waals surface area contributed by atoms with E-state index in [-0.39, 0.29) is 5.54 Å². The molecule has 3 saturated carbocycles. The summed E-state index contributed by atoms with van der Waals surface area (Å²) in [7, 11) is 0. The molecule has 3 aliphatic carbocycles. The summed E-state index contributed by atoms with van der Waals surface area (Å²) in [6.07, 6.45) is 1.60. The molecule has 0 heterocycles. The van der Waals surface area contributed by atoms with Gasteiger partial charge in [0, 0.05) is 16.9 Å². The Morgan fingerprint density at radius 1 is 1.25 bits per heavy atom. The second kappa shape index (κ2) is 1.84. The maximum atomic E-state index is 13.5. The quantitative estimate of drug-likeness (QED) is 0.683. The molecule has 0 radical (unpaired) electrons. The normalized spacial score (nSPS) is 45.5. The van der Waals surface area contributed by atoms with Gasteiger partial charge in [-0.25, -0.2) is 8.78 Å². The van der Waals surface area contributed by atoms with Gasteiger partial charge in [0.2, 0.25) is 0 Å². The zero-order chi connectivity index (χ0) is 9.20. The van der Waals surface area contributed by atoms with Crippen LogP contribution in [0.4, 0.5) is 8.78 Å². The lowest BCUT2D eigenvalue weighted by molar-refractivity contribution is -0.290. The highest BCUT2D eigenvalue weighted by atomic mass is 19.3. The van der Waals surface area contributed by atoms with Crippen LogP contribution in [0.2, 0.25) is 0 Å². The van der Waals surface area contributed by atoms with Crippen molar-refractivity contribution in [2.24, 2.45) is 17.1 Å². The standard InChI is InChI=1S/C9H15F2N/c1-6(2)9(10,11)7-3-8(12,4-7)5-7/h6H,3-5,12H2,1-2H3. The second-order valence-corrected chi connectivity index (χ2v) is 4.95. The Kier molecular flexibility index (Phi) is 1.29. The van der Waals surface area contributed by atoms with Gasteiger partial charge >= 0.3 is 0 Å². The predicted molar refractivity (Wildman–Crippen MR) is 43.0 cm³/mol. The molecule has 3 heteroatoms. The van der Waals surface area contributed by atoms with Gasteiger partial charge in [0.1, 0.15) is 0 Å². The molecule has 1 nitrogen and oxygen atoms in total. The predicted octanol–water partition coefficient (Wildman–Crippen LogP) is 2.16. The second-order valence-electron chi connectivity index (χ2n) is 4.95. The molecule has 0 unspecified atom stereocenters. The molecular formula is C9H15F2N. The monoisotopic (exact) mass is 175 g/mol. The fourth-order valence-corrected chi connectivity index (χ4v) is 2.83. The molecule has 0 spiro atoms. The van der Waals surface area contributed by atoms with Crippen molar-refractivity contribution in [3.8, 4) is 0 Å². The molecule has 0 aromatic heterocycles. The van der Waals surface area contributed by atoms with E-state index in [1.165, 1.54) is 0 Å². The van der Waals surface area contributed by atoms with Gasteiger partial charge < -0.3 is 5.73 Å². The van der Waals surface area contributed by atoms with Crippen LogP contribution in [-0.2, 0) is 0 Å². The van der Waals surface area contributed by atoms with Crippen LogP contribution in [0, 0.1) is 11.3 Å². The number of hydrogen-bond acceptors (Lipinski definition) is 1. The lowest BCUT2D eigenvalue weighted by atomic mass is 9.37. The molecule has 2 bridgehead atoms. The van der Waals surface area contributed by atoms with E-state index in [4.69, 9.17) is 5.73 Å². The lowest BCUT2D eigenvalue weighted by Gasteiger charge is -2.71. The van der Waals surface area contributed by atoms with Gasteiger partial charge in [-0.3, -0.25) is 0 Å². The van der Waals surface area contributed by atoms with Crippen molar-refractivity contribution in [3.63, 3.8) is 0 Å². The van der Waals surface area contributed by atoms with E-state index in [1.807, 2.05) is 0 Å². The average Bonchev–Trinajstić information content (AvgIpc) is 1.78. The van der Waals surface area contributed by atoms with Crippen LogP contribution < -0.4 is 5.73 Å². The first kappa shape index (κ1) is 8.42. The van der Waals surface area contributed by atoms with E-state index in [2.05, 4.69) is 0 Å². The summed E-state index contributed by atoms with van der Waals surface area (Å²) < 4.78 is 27.1. The molecule has 0 amide bonds. The van der Waals surface area contributed by atoms with Gasteiger partial charge in [-0.2, -0.15) is 0 Å². The van der Waals surface area contributed by atoms with Gasteiger partial charge in [0.05, 0.1) is 0 Å². The minimum atomic E-state index is -2.51. The Labute approximate surface area is 71.3 Å². The minimum absolute atomic E-state index is 0.210. The molecule has 0 aliphatic heterocycles. The molecular weight excluding hydrogens is 160 g/mol. The van der Waals surface area contributed by atoms with Crippen molar-refractivity contribution in [3.05, 3.63) is 0 Å². The molecule has 0 aromatic carbocycles. The summed E-state index contributed by atoms with van der Waals surface area (Å²) in [5.74, 6) is -3.06. The lowest BCUT2D eigenvalue weighted by Crippen LogP contribution is -2.78. The Bertz CT molecular complexity index is 203. The van der Waals surface area contributed by atoms with Crippen molar-refractivity contribution in [1.82, 2.24) is 0 Å². The summed E-state index contributed by atoms with van der Waals surface area (Å²) in [6.45, 7) is 3.17. The van der Waals surface area contributed by atoms with Crippen LogP contribution in [0.5, 0.6) is 0 Å². The van der Waals surface area contributed by atoms with Crippen LogP contribution in [-0.4, -0.2) is 11.5 Å². The van der Waals surface area contributed by atoms with Crippen molar-refractivity contribution in [2.75, 3.05) is 0 Å². The van der Waals surface area contributed by atoms with E-state index in [1.54, 1.807) is 13.8 Å². The summed E-state index contributed by atoms with van der Waals surface area (Å²) >= 11 is 0. The Hall–Kier alpha value is -0.180. The van der Waals surface area contributed by atoms with Crippen molar-refractivity contribution < 1.29 is 8.78 Å². The van der Waals surface area contributed by atoms with E-state index in [0.717, 1.165) is 0 Å². The molecule has 2 N–H and O–H groups in total. The molecule has 3 aliphatic rings. The molecule has 0 saturated heterocycles. The highest BCUT2D eigenvalue weighted by Gasteiger charge is 2.76. The number of halogens is 2. The number of nitrogens with two attached hydrogens (primary N) is 1. The van der Waals surface area contributed by atoms with E-state index in [0.29, 0.717) is 19.3 Å². The van der Waals surface area contributed by atoms with Gasteiger partial charge in [0.15, 0.2) is 0 Å². The van der Waals surface area contributed by atoms with Gasteiger partial charge in [-0.05, 0) is 19.3 Å². The molecule has 0 atom stereocenters. The van der Waals surface area contributed by atoms with Crippen LogP contribution in [0.25, 0.3) is 0 Å². The SMILES string of the molecule is CC(C)C(F)(F)C12CC(N)(C1)C2. The van der Waals surface area contributed by atoms with Crippen LogP contribution in [0.1, 0.15) is 33.1 Å². The summed E-state index contributed by atoms with van der Waals surface area (Å²) in [5, 5.41) is 0. The highest BCUT2D eigenvalue weighted by molar-refractivity contribution is 5.26. The maximum absolute atomic E-state index is 13.5. The number of alkyl halides is 2. The van der Waals surface area contributed by atoms with E-state index in [9.17, 15) is 8.78 Å². The minimum Gasteiger partial charge on any atom is -0.325 e. The fourth-order valence-electron chi connectivity index (χ4n) is 2.83. The third-order valence-corrected chi connectivity index (χ3v) is 3.50. The van der Waals surface area contributed by atoms with Crippen molar-refractivity contribution >= 4 is 0 Å². The molecule has 3 fully saturated rings. The van der Waals surface area contributed by atoms with Gasteiger partial charge in [0.25, 0.3) is 5.92 Å². The fraction of sp³-hybridized carbons (Fsp3) is 1.00. The van der Waals surface area contributed by atoms with Crippen molar-refractivity contribution in [1.29, 1.82) is 0 Å². The van der Waals surface area contributed by atoms with E-state index < -0.39 is 17.3 Å². The topological polar surface area (TPSA) is 26.0 Å². The van der Waals surface area contributed by atoms with E-state index >= 15 is 0 Å². The van der Waals surface area contributed by atoms with Crippen LogP contribution in [0.15, 0.2) is 0 Å². The zero-order valence-corrected chi connectivity index (χ0v) is 7.53. The van der Waals surface area contributed by atoms with Crippen LogP contribution in [0.3, 0.4) is 0 Å². The highest BCUT2D eigenvalue weighted by Crippen LogP contribution is 2.73. The van der Waals surface area contributed by atoms with Crippen molar-refractivity contribution in [2.45, 2.75) is 44.6 Å². The third kappa shape index (κ3) is 0.709. The van der Waals surface area contributed by atoms with Gasteiger partial charge in [-0.1, -0.05) is 13.8 Å². The first-order valence-electron chi connectivity index (χ1n) is 4.48. The molecule has 3 rings (SSSR count). The Morgan fingerprint density at radius 2 is 1.67 bits per heavy atom.